The lowest BCUT2D eigenvalue weighted by Crippen LogP contribution is -2.37. The number of likely N-dealkylation sites (N-methyl/N-ethyl adjacent to an activating group) is 1. The molecule has 0 aromatic carbocycles. The maximum atomic E-state index is 11.9. The average molecular weight is 267 g/mol. The Morgan fingerprint density at radius 2 is 2.37 bits per heavy atom. The van der Waals surface area contributed by atoms with Crippen molar-refractivity contribution in [2.75, 3.05) is 26.7 Å². The van der Waals surface area contributed by atoms with E-state index in [1.165, 1.54) is 0 Å². The number of nitrogens with zero attached hydrogens (tertiary/aromatic N) is 2. The number of aromatic nitrogens is 2. The second-order valence-electron chi connectivity index (χ2n) is 4.71. The fraction of sp³-hybridized carbons (Fsp3) is 0.583. The first-order valence-electron chi connectivity index (χ1n) is 6.09. The summed E-state index contributed by atoms with van der Waals surface area (Å²) in [6.45, 7) is 3.72. The second kappa shape index (κ2) is 5.50. The summed E-state index contributed by atoms with van der Waals surface area (Å²) >= 11 is 0. The molecule has 0 aliphatic carbocycles. The lowest BCUT2D eigenvalue weighted by molar-refractivity contribution is -0.136. The monoisotopic (exact) mass is 267 g/mol. The molecule has 0 radical (unpaired) electrons. The molecule has 104 valence electrons. The minimum absolute atomic E-state index is 0.195. The van der Waals surface area contributed by atoms with Crippen LogP contribution in [0.2, 0.25) is 0 Å². The summed E-state index contributed by atoms with van der Waals surface area (Å²) in [6.07, 6.45) is -0.594. The van der Waals surface area contributed by atoms with E-state index in [4.69, 9.17) is 9.84 Å². The van der Waals surface area contributed by atoms with Crippen LogP contribution >= 0.6 is 0 Å². The highest BCUT2D eigenvalue weighted by atomic mass is 16.5. The third-order valence-electron chi connectivity index (χ3n) is 3.14. The molecule has 1 saturated heterocycles. The normalized spacial score (nSPS) is 20.4. The molecule has 1 aromatic rings. The van der Waals surface area contributed by atoms with Gasteiger partial charge in [-0.15, -0.1) is 0 Å². The summed E-state index contributed by atoms with van der Waals surface area (Å²) < 4.78 is 5.57. The molecular weight excluding hydrogens is 250 g/mol. The van der Waals surface area contributed by atoms with Gasteiger partial charge < -0.3 is 19.7 Å². The van der Waals surface area contributed by atoms with E-state index < -0.39 is 11.5 Å². The molecule has 19 heavy (non-hydrogen) atoms. The molecule has 2 N–H and O–H groups in total. The molecule has 1 unspecified atom stereocenters. The Kier molecular flexibility index (Phi) is 3.96. The molecule has 1 aliphatic rings. The SMILES string of the molecule is Cc1nc(C2CN(C)CCO2)[nH]c(=O)c1CC(=O)O. The van der Waals surface area contributed by atoms with Crippen LogP contribution in [0.15, 0.2) is 4.79 Å². The number of H-pyrrole nitrogens is 1. The topological polar surface area (TPSA) is 95.5 Å². The van der Waals surface area contributed by atoms with Gasteiger partial charge in [0.15, 0.2) is 0 Å². The molecule has 1 atom stereocenters. The fourth-order valence-electron chi connectivity index (χ4n) is 2.09. The lowest BCUT2D eigenvalue weighted by Gasteiger charge is -2.29. The van der Waals surface area contributed by atoms with Crippen molar-refractivity contribution in [3.63, 3.8) is 0 Å². The third kappa shape index (κ3) is 3.18. The first-order valence-corrected chi connectivity index (χ1v) is 6.09. The van der Waals surface area contributed by atoms with Crippen LogP contribution in [0.3, 0.4) is 0 Å². The highest BCUT2D eigenvalue weighted by Crippen LogP contribution is 2.17. The van der Waals surface area contributed by atoms with Crippen molar-refractivity contribution >= 4 is 5.97 Å². The first-order chi connectivity index (χ1) is 8.97. The second-order valence-corrected chi connectivity index (χ2v) is 4.71. The highest BCUT2D eigenvalue weighted by Gasteiger charge is 2.23. The zero-order valence-corrected chi connectivity index (χ0v) is 11.0. The number of hydrogen-bond donors (Lipinski definition) is 2. The van der Waals surface area contributed by atoms with Crippen molar-refractivity contribution in [3.8, 4) is 0 Å². The predicted octanol–water partition coefficient (Wildman–Crippen LogP) is -0.291. The largest absolute Gasteiger partial charge is 0.481 e. The Bertz CT molecular complexity index is 540. The van der Waals surface area contributed by atoms with E-state index in [1.54, 1.807) is 6.92 Å². The van der Waals surface area contributed by atoms with Gasteiger partial charge in [-0.1, -0.05) is 0 Å². The number of carboxylic acids is 1. The molecule has 0 amide bonds. The molecule has 1 fully saturated rings. The van der Waals surface area contributed by atoms with E-state index in [2.05, 4.69) is 14.9 Å². The Morgan fingerprint density at radius 3 is 2.95 bits per heavy atom. The van der Waals surface area contributed by atoms with Crippen LogP contribution in [-0.2, 0) is 16.0 Å². The lowest BCUT2D eigenvalue weighted by atomic mass is 10.1. The quantitative estimate of drug-likeness (QED) is 0.781. The molecular formula is C12H17N3O4. The first kappa shape index (κ1) is 13.7. The van der Waals surface area contributed by atoms with E-state index >= 15 is 0 Å². The van der Waals surface area contributed by atoms with Gasteiger partial charge in [0.2, 0.25) is 0 Å². The van der Waals surface area contributed by atoms with Gasteiger partial charge in [0.05, 0.1) is 13.0 Å². The van der Waals surface area contributed by atoms with Crippen molar-refractivity contribution in [2.24, 2.45) is 0 Å². The van der Waals surface area contributed by atoms with Gasteiger partial charge in [0.1, 0.15) is 11.9 Å². The van der Waals surface area contributed by atoms with Gasteiger partial charge >= 0.3 is 5.97 Å². The van der Waals surface area contributed by atoms with E-state index in [0.717, 1.165) is 6.54 Å². The fourth-order valence-corrected chi connectivity index (χ4v) is 2.09. The minimum Gasteiger partial charge on any atom is -0.481 e. The van der Waals surface area contributed by atoms with E-state index in [0.29, 0.717) is 24.7 Å². The molecule has 2 heterocycles. The minimum atomic E-state index is -1.04. The Labute approximate surface area is 110 Å². The number of morpholine rings is 1. The number of hydrogen-bond acceptors (Lipinski definition) is 5. The van der Waals surface area contributed by atoms with Crippen LogP contribution in [0.5, 0.6) is 0 Å². The third-order valence-corrected chi connectivity index (χ3v) is 3.14. The van der Waals surface area contributed by atoms with Crippen LogP contribution in [0, 0.1) is 6.92 Å². The number of carboxylic acid groups (broad SMARTS) is 1. The number of aromatic amines is 1. The standard InChI is InChI=1S/C12H17N3O4/c1-7-8(5-10(16)17)12(18)14-11(13-7)9-6-15(2)3-4-19-9/h9H,3-6H2,1-2H3,(H,16,17)(H,13,14,18). The molecule has 7 heteroatoms. The van der Waals surface area contributed by atoms with Crippen molar-refractivity contribution < 1.29 is 14.6 Å². The summed E-state index contributed by atoms with van der Waals surface area (Å²) in [5.41, 5.74) is 0.236. The molecule has 0 bridgehead atoms. The number of nitrogens with one attached hydrogen (secondary N) is 1. The van der Waals surface area contributed by atoms with Crippen molar-refractivity contribution in [1.29, 1.82) is 0 Å². The van der Waals surface area contributed by atoms with Gasteiger partial charge in [-0.2, -0.15) is 0 Å². The maximum absolute atomic E-state index is 11.9. The van der Waals surface area contributed by atoms with Crippen LogP contribution in [0.1, 0.15) is 23.2 Å². The summed E-state index contributed by atoms with van der Waals surface area (Å²) in [4.78, 5) is 31.6. The van der Waals surface area contributed by atoms with Gasteiger partial charge in [-0.3, -0.25) is 9.59 Å². The molecule has 7 nitrogen and oxygen atoms in total. The highest BCUT2D eigenvalue weighted by molar-refractivity contribution is 5.70. The van der Waals surface area contributed by atoms with Crippen LogP contribution in [0.4, 0.5) is 0 Å². The summed E-state index contributed by atoms with van der Waals surface area (Å²) in [7, 11) is 1.97. The van der Waals surface area contributed by atoms with Gasteiger partial charge in [0.25, 0.3) is 5.56 Å². The van der Waals surface area contributed by atoms with E-state index in [1.807, 2.05) is 7.05 Å². The van der Waals surface area contributed by atoms with E-state index in [9.17, 15) is 9.59 Å². The predicted molar refractivity (Wildman–Crippen MR) is 67.1 cm³/mol. The van der Waals surface area contributed by atoms with Gasteiger partial charge in [-0.05, 0) is 14.0 Å². The number of carbonyl (C=O) groups is 1. The van der Waals surface area contributed by atoms with Crippen LogP contribution in [-0.4, -0.2) is 52.7 Å². The summed E-state index contributed by atoms with van der Waals surface area (Å²) in [5.74, 6) is -0.583. The molecule has 0 saturated carbocycles. The van der Waals surface area contributed by atoms with Crippen LogP contribution in [0.25, 0.3) is 0 Å². The van der Waals surface area contributed by atoms with Crippen molar-refractivity contribution in [2.45, 2.75) is 19.4 Å². The Balaban J connectivity index is 2.29. The zero-order valence-electron chi connectivity index (χ0n) is 11.0. The van der Waals surface area contributed by atoms with Crippen LogP contribution < -0.4 is 5.56 Å². The Hall–Kier alpha value is -1.73. The van der Waals surface area contributed by atoms with E-state index in [-0.39, 0.29) is 18.1 Å². The van der Waals surface area contributed by atoms with Gasteiger partial charge in [-0.25, -0.2) is 4.98 Å². The van der Waals surface area contributed by atoms with Crippen molar-refractivity contribution in [3.05, 3.63) is 27.4 Å². The number of aryl methyl sites for hydroxylation is 1. The van der Waals surface area contributed by atoms with Crippen molar-refractivity contribution in [1.82, 2.24) is 14.9 Å². The number of ether oxygens (including phenoxy) is 1. The summed E-state index contributed by atoms with van der Waals surface area (Å²) in [6, 6.07) is 0. The number of rotatable bonds is 3. The molecule has 0 spiro atoms. The average Bonchev–Trinajstić information content (AvgIpc) is 2.33. The maximum Gasteiger partial charge on any atom is 0.308 e. The Morgan fingerprint density at radius 1 is 1.63 bits per heavy atom. The van der Waals surface area contributed by atoms with Gasteiger partial charge in [0, 0.05) is 24.3 Å². The zero-order chi connectivity index (χ0) is 14.0. The molecule has 1 aromatic heterocycles. The molecule has 2 rings (SSSR count). The summed E-state index contributed by atoms with van der Waals surface area (Å²) in [5, 5.41) is 8.76. The molecule has 1 aliphatic heterocycles. The smallest absolute Gasteiger partial charge is 0.308 e. The number of aliphatic carboxylic acids is 1.